The lowest BCUT2D eigenvalue weighted by Gasteiger charge is -2.22. The maximum absolute atomic E-state index is 12.3. The van der Waals surface area contributed by atoms with E-state index in [4.69, 9.17) is 10.5 Å². The van der Waals surface area contributed by atoms with Crippen molar-refractivity contribution < 1.29 is 17.9 Å². The van der Waals surface area contributed by atoms with Crippen LogP contribution in [0.1, 0.15) is 45.1 Å². The van der Waals surface area contributed by atoms with Crippen LogP contribution < -0.4 is 15.8 Å². The van der Waals surface area contributed by atoms with Gasteiger partial charge in [-0.15, -0.1) is 12.4 Å². The summed E-state index contributed by atoms with van der Waals surface area (Å²) in [4.78, 5) is 12.3. The van der Waals surface area contributed by atoms with Crippen molar-refractivity contribution in [1.82, 2.24) is 10.0 Å². The number of amides is 1. The van der Waals surface area contributed by atoms with Gasteiger partial charge >= 0.3 is 0 Å². The van der Waals surface area contributed by atoms with Gasteiger partial charge in [0, 0.05) is 19.7 Å². The Kier molecular flexibility index (Phi) is 9.17. The van der Waals surface area contributed by atoms with Crippen molar-refractivity contribution >= 4 is 28.3 Å². The molecule has 1 saturated heterocycles. The Balaban J connectivity index is 0.00000364. The third-order valence-corrected chi connectivity index (χ3v) is 5.94. The summed E-state index contributed by atoms with van der Waals surface area (Å²) in [6, 6.07) is 6.45. The normalized spacial score (nSPS) is 19.1. The SMILES string of the molecule is CCCC(C)(N)C(=O)NCc1ccc(S(=O)(=O)NCC2CCCO2)cc1.Cl. The maximum Gasteiger partial charge on any atom is 0.240 e. The number of sulfonamides is 1. The lowest BCUT2D eigenvalue weighted by molar-refractivity contribution is -0.126. The van der Waals surface area contributed by atoms with E-state index < -0.39 is 15.6 Å². The minimum absolute atomic E-state index is 0. The van der Waals surface area contributed by atoms with Crippen LogP contribution in [-0.4, -0.2) is 39.1 Å². The molecule has 0 radical (unpaired) electrons. The summed E-state index contributed by atoms with van der Waals surface area (Å²) in [5.74, 6) is -0.214. The number of carbonyl (C=O) groups excluding carboxylic acids is 1. The number of nitrogens with one attached hydrogen (secondary N) is 2. The van der Waals surface area contributed by atoms with Gasteiger partial charge < -0.3 is 15.8 Å². The first-order valence-corrected chi connectivity index (χ1v) is 10.5. The first-order valence-electron chi connectivity index (χ1n) is 9.02. The summed E-state index contributed by atoms with van der Waals surface area (Å²) < 4.78 is 32.6. The van der Waals surface area contributed by atoms with Crippen LogP contribution in [-0.2, 0) is 26.1 Å². The predicted molar refractivity (Wildman–Crippen MR) is 107 cm³/mol. The van der Waals surface area contributed by atoms with Crippen molar-refractivity contribution in [2.75, 3.05) is 13.2 Å². The molecule has 0 aliphatic carbocycles. The second-order valence-electron chi connectivity index (χ2n) is 6.98. The van der Waals surface area contributed by atoms with E-state index in [1.54, 1.807) is 19.1 Å². The highest BCUT2D eigenvalue weighted by Gasteiger charge is 2.26. The molecule has 1 aromatic rings. The van der Waals surface area contributed by atoms with Gasteiger partial charge in [-0.1, -0.05) is 25.5 Å². The average Bonchev–Trinajstić information content (AvgIpc) is 3.12. The van der Waals surface area contributed by atoms with E-state index in [0.29, 0.717) is 19.6 Å². The van der Waals surface area contributed by atoms with Crippen LogP contribution in [0.4, 0.5) is 0 Å². The van der Waals surface area contributed by atoms with E-state index in [1.807, 2.05) is 6.92 Å². The molecule has 1 aromatic carbocycles. The Hall–Kier alpha value is -1.19. The summed E-state index contributed by atoms with van der Waals surface area (Å²) in [7, 11) is -3.56. The Morgan fingerprint density at radius 1 is 1.33 bits per heavy atom. The largest absolute Gasteiger partial charge is 0.377 e. The number of hydrogen-bond acceptors (Lipinski definition) is 5. The maximum atomic E-state index is 12.3. The smallest absolute Gasteiger partial charge is 0.240 e. The zero-order valence-corrected chi connectivity index (χ0v) is 17.5. The highest BCUT2D eigenvalue weighted by molar-refractivity contribution is 7.89. The molecule has 1 heterocycles. The van der Waals surface area contributed by atoms with Crippen LogP contribution in [0.15, 0.2) is 29.2 Å². The molecule has 1 aliphatic heterocycles. The summed E-state index contributed by atoms with van der Waals surface area (Å²) >= 11 is 0. The fourth-order valence-electron chi connectivity index (χ4n) is 2.89. The molecule has 0 saturated carbocycles. The molecular weight excluding hydrogens is 390 g/mol. The molecule has 9 heteroatoms. The van der Waals surface area contributed by atoms with Crippen LogP contribution in [0, 0.1) is 0 Å². The molecule has 2 unspecified atom stereocenters. The quantitative estimate of drug-likeness (QED) is 0.564. The summed E-state index contributed by atoms with van der Waals surface area (Å²) in [6.45, 7) is 4.96. The van der Waals surface area contributed by atoms with Gasteiger partial charge in [0.05, 0.1) is 16.5 Å². The molecular formula is C18H30ClN3O4S. The van der Waals surface area contributed by atoms with E-state index in [2.05, 4.69) is 10.0 Å². The minimum atomic E-state index is -3.56. The van der Waals surface area contributed by atoms with Gasteiger partial charge in [-0.05, 0) is 43.9 Å². The zero-order valence-electron chi connectivity index (χ0n) is 15.9. The molecule has 0 bridgehead atoms. The number of rotatable bonds is 9. The number of ether oxygens (including phenoxy) is 1. The van der Waals surface area contributed by atoms with Crippen molar-refractivity contribution in [3.63, 3.8) is 0 Å². The fraction of sp³-hybridized carbons (Fsp3) is 0.611. The average molecular weight is 420 g/mol. The summed E-state index contributed by atoms with van der Waals surface area (Å²) in [5, 5.41) is 2.80. The van der Waals surface area contributed by atoms with E-state index >= 15 is 0 Å². The molecule has 7 nitrogen and oxygen atoms in total. The molecule has 1 fully saturated rings. The van der Waals surface area contributed by atoms with Gasteiger partial charge in [0.2, 0.25) is 15.9 Å². The molecule has 27 heavy (non-hydrogen) atoms. The zero-order chi connectivity index (χ0) is 19.2. The van der Waals surface area contributed by atoms with Gasteiger partial charge in [0.15, 0.2) is 0 Å². The predicted octanol–water partition coefficient (Wildman–Crippen LogP) is 1.70. The Morgan fingerprint density at radius 2 is 2.00 bits per heavy atom. The second-order valence-corrected chi connectivity index (χ2v) is 8.75. The Bertz CT molecular complexity index is 702. The van der Waals surface area contributed by atoms with Crippen molar-refractivity contribution in [3.8, 4) is 0 Å². The molecule has 2 atom stereocenters. The van der Waals surface area contributed by atoms with Gasteiger partial charge in [0.25, 0.3) is 0 Å². The van der Waals surface area contributed by atoms with Crippen LogP contribution in [0.5, 0.6) is 0 Å². The van der Waals surface area contributed by atoms with E-state index in [1.165, 1.54) is 12.1 Å². The van der Waals surface area contributed by atoms with Crippen molar-refractivity contribution in [2.24, 2.45) is 5.73 Å². The van der Waals surface area contributed by atoms with Gasteiger partial charge in [0.1, 0.15) is 0 Å². The van der Waals surface area contributed by atoms with Crippen molar-refractivity contribution in [2.45, 2.75) is 62.6 Å². The first kappa shape index (κ1) is 23.8. The Labute approximate surface area is 167 Å². The molecule has 154 valence electrons. The van der Waals surface area contributed by atoms with E-state index in [-0.39, 0.29) is 35.9 Å². The van der Waals surface area contributed by atoms with Crippen LogP contribution in [0.3, 0.4) is 0 Å². The van der Waals surface area contributed by atoms with Gasteiger partial charge in [-0.25, -0.2) is 13.1 Å². The minimum Gasteiger partial charge on any atom is -0.377 e. The van der Waals surface area contributed by atoms with Crippen LogP contribution in [0.25, 0.3) is 0 Å². The topological polar surface area (TPSA) is 111 Å². The standard InChI is InChI=1S/C18H29N3O4S.ClH/c1-3-10-18(2,19)17(22)20-12-14-6-8-16(9-7-14)26(23,24)21-13-15-5-4-11-25-15;/h6-9,15,21H,3-5,10-13,19H2,1-2H3,(H,20,22);1H. The summed E-state index contributed by atoms with van der Waals surface area (Å²) in [5.41, 5.74) is 5.90. The molecule has 1 amide bonds. The third-order valence-electron chi connectivity index (χ3n) is 4.50. The van der Waals surface area contributed by atoms with Crippen molar-refractivity contribution in [3.05, 3.63) is 29.8 Å². The van der Waals surface area contributed by atoms with Crippen LogP contribution in [0.2, 0.25) is 0 Å². The fourth-order valence-corrected chi connectivity index (χ4v) is 3.96. The first-order chi connectivity index (χ1) is 12.2. The second kappa shape index (κ2) is 10.4. The number of carbonyl (C=O) groups is 1. The lowest BCUT2D eigenvalue weighted by atomic mass is 9.96. The highest BCUT2D eigenvalue weighted by Crippen LogP contribution is 2.14. The van der Waals surface area contributed by atoms with E-state index in [0.717, 1.165) is 24.8 Å². The van der Waals surface area contributed by atoms with Crippen molar-refractivity contribution in [1.29, 1.82) is 0 Å². The van der Waals surface area contributed by atoms with Gasteiger partial charge in [-0.3, -0.25) is 4.79 Å². The van der Waals surface area contributed by atoms with Crippen LogP contribution >= 0.6 is 12.4 Å². The Morgan fingerprint density at radius 3 is 2.56 bits per heavy atom. The van der Waals surface area contributed by atoms with Gasteiger partial charge in [-0.2, -0.15) is 0 Å². The molecule has 1 aliphatic rings. The molecule has 0 spiro atoms. The van der Waals surface area contributed by atoms with E-state index in [9.17, 15) is 13.2 Å². The highest BCUT2D eigenvalue weighted by atomic mass is 35.5. The summed E-state index contributed by atoms with van der Waals surface area (Å²) in [6.07, 6.45) is 3.22. The number of benzene rings is 1. The number of nitrogens with two attached hydrogens (primary N) is 1. The monoisotopic (exact) mass is 419 g/mol. The molecule has 0 aromatic heterocycles. The third kappa shape index (κ3) is 7.04. The number of hydrogen-bond donors (Lipinski definition) is 3. The number of halogens is 1. The molecule has 2 rings (SSSR count). The molecule has 4 N–H and O–H groups in total. The lowest BCUT2D eigenvalue weighted by Crippen LogP contribution is -2.51.